The number of amidine groups is 1. The van der Waals surface area contributed by atoms with Crippen LogP contribution in [0.1, 0.15) is 37.3 Å². The lowest BCUT2D eigenvalue weighted by Crippen LogP contribution is -2.29. The summed E-state index contributed by atoms with van der Waals surface area (Å²) >= 11 is 11.0. The van der Waals surface area contributed by atoms with Crippen molar-refractivity contribution < 1.29 is 9.53 Å². The van der Waals surface area contributed by atoms with E-state index >= 15 is 0 Å². The minimum Gasteiger partial charge on any atom is -0.487 e. The number of hydrogen-bond donors (Lipinski definition) is 0. The summed E-state index contributed by atoms with van der Waals surface area (Å²) < 4.78 is 8.91. The molecule has 0 bridgehead atoms. The van der Waals surface area contributed by atoms with Crippen LogP contribution in [0.4, 0.5) is 11.4 Å². The highest BCUT2D eigenvalue weighted by Crippen LogP contribution is 2.39. The summed E-state index contributed by atoms with van der Waals surface area (Å²) in [6.45, 7) is 5.23. The van der Waals surface area contributed by atoms with Crippen molar-refractivity contribution in [2.75, 3.05) is 24.5 Å². The normalized spacial score (nSPS) is 17.9. The van der Waals surface area contributed by atoms with Crippen LogP contribution in [0.15, 0.2) is 79.5 Å². The Morgan fingerprint density at radius 2 is 1.67 bits per heavy atom. The van der Waals surface area contributed by atoms with E-state index in [-0.39, 0.29) is 5.91 Å². The number of anilines is 1. The minimum atomic E-state index is -0.0301. The van der Waals surface area contributed by atoms with E-state index in [9.17, 15) is 4.79 Å². The highest BCUT2D eigenvalue weighted by Gasteiger charge is 2.32. The smallest absolute Gasteiger partial charge is 0.266 e. The monoisotopic (exact) mass is 779 g/mol. The van der Waals surface area contributed by atoms with E-state index in [1.54, 1.807) is 4.90 Å². The van der Waals surface area contributed by atoms with Crippen LogP contribution in [0.2, 0.25) is 0 Å². The molecule has 0 aliphatic carbocycles. The molecule has 2 saturated heterocycles. The molecule has 202 valence electrons. The summed E-state index contributed by atoms with van der Waals surface area (Å²) in [7, 11) is 0. The van der Waals surface area contributed by atoms with Gasteiger partial charge >= 0.3 is 0 Å². The molecule has 0 aromatic heterocycles. The Hall–Kier alpha value is -1.82. The van der Waals surface area contributed by atoms with Gasteiger partial charge < -0.3 is 9.64 Å². The second-order valence-electron chi connectivity index (χ2n) is 9.35. The number of hydrogen-bond acceptors (Lipinski definition) is 5. The molecule has 0 N–H and O–H groups in total. The fourth-order valence-electron chi connectivity index (χ4n) is 4.56. The molecule has 0 unspecified atom stereocenters. The average molecular weight is 781 g/mol. The Morgan fingerprint density at radius 3 is 2.31 bits per heavy atom. The first-order chi connectivity index (χ1) is 18.9. The lowest BCUT2D eigenvalue weighted by Gasteiger charge is -2.28. The number of rotatable bonds is 7. The van der Waals surface area contributed by atoms with E-state index in [4.69, 9.17) is 9.73 Å². The van der Waals surface area contributed by atoms with Crippen molar-refractivity contribution in [2.45, 2.75) is 32.8 Å². The Bertz CT molecular complexity index is 1380. The number of benzene rings is 3. The SMILES string of the molecule is CCN1C(=O)/C(=C/c2cc(Br)c(OCc3ccc(I)cc3)c(Br)c2)SC1=Nc1ccc(N2CCCCC2)cc1. The summed E-state index contributed by atoms with van der Waals surface area (Å²) in [5, 5.41) is 0.704. The van der Waals surface area contributed by atoms with E-state index < -0.39 is 0 Å². The molecule has 3 aromatic carbocycles. The number of halogens is 3. The zero-order chi connectivity index (χ0) is 27.4. The third-order valence-corrected chi connectivity index (χ3v) is 9.52. The molecule has 5 nitrogen and oxygen atoms in total. The summed E-state index contributed by atoms with van der Waals surface area (Å²) in [5.41, 5.74) is 4.09. The third kappa shape index (κ3) is 7.10. The maximum atomic E-state index is 13.2. The van der Waals surface area contributed by atoms with Gasteiger partial charge in [0.25, 0.3) is 5.91 Å². The van der Waals surface area contributed by atoms with Gasteiger partial charge in [0.1, 0.15) is 12.4 Å². The van der Waals surface area contributed by atoms with Gasteiger partial charge in [-0.15, -0.1) is 0 Å². The summed E-state index contributed by atoms with van der Waals surface area (Å²) in [5.74, 6) is 0.698. The molecule has 0 atom stereocenters. The van der Waals surface area contributed by atoms with Crippen LogP contribution < -0.4 is 9.64 Å². The van der Waals surface area contributed by atoms with Gasteiger partial charge in [0, 0.05) is 28.9 Å². The van der Waals surface area contributed by atoms with Crippen LogP contribution in [0.25, 0.3) is 6.08 Å². The van der Waals surface area contributed by atoms with Gasteiger partial charge in [0.15, 0.2) is 5.17 Å². The number of carbonyl (C=O) groups excluding carboxylic acids is 1. The molecule has 0 radical (unpaired) electrons. The molecule has 3 aromatic rings. The van der Waals surface area contributed by atoms with Crippen molar-refractivity contribution in [3.05, 3.63) is 89.2 Å². The van der Waals surface area contributed by atoms with Crippen LogP contribution in [-0.2, 0) is 11.4 Å². The maximum Gasteiger partial charge on any atom is 0.266 e. The van der Waals surface area contributed by atoms with E-state index in [1.165, 1.54) is 40.3 Å². The average Bonchev–Trinajstić information content (AvgIpc) is 3.23. The van der Waals surface area contributed by atoms with Crippen molar-refractivity contribution in [3.63, 3.8) is 0 Å². The first-order valence-corrected chi connectivity index (χ1v) is 16.4. The number of nitrogens with zero attached hydrogens (tertiary/aromatic N) is 3. The number of amides is 1. The van der Waals surface area contributed by atoms with Crippen molar-refractivity contribution in [3.8, 4) is 5.75 Å². The first kappa shape index (κ1) is 28.7. The number of carbonyl (C=O) groups is 1. The fourth-order valence-corrected chi connectivity index (χ4v) is 7.43. The van der Waals surface area contributed by atoms with E-state index in [1.807, 2.05) is 37.3 Å². The van der Waals surface area contributed by atoms with E-state index in [0.29, 0.717) is 23.2 Å². The molecule has 2 heterocycles. The molecular formula is C30H28Br2IN3O2S. The molecule has 5 rings (SSSR count). The van der Waals surface area contributed by atoms with Crippen LogP contribution in [-0.4, -0.2) is 35.6 Å². The maximum absolute atomic E-state index is 13.2. The molecule has 39 heavy (non-hydrogen) atoms. The summed E-state index contributed by atoms with van der Waals surface area (Å²) in [4.78, 5) is 22.9. The Kier molecular flexibility index (Phi) is 9.73. The zero-order valence-electron chi connectivity index (χ0n) is 21.5. The zero-order valence-corrected chi connectivity index (χ0v) is 27.6. The van der Waals surface area contributed by atoms with Gasteiger partial charge in [0.2, 0.25) is 0 Å². The van der Waals surface area contributed by atoms with Gasteiger partial charge in [0.05, 0.1) is 19.5 Å². The predicted octanol–water partition coefficient (Wildman–Crippen LogP) is 9.01. The topological polar surface area (TPSA) is 45.1 Å². The van der Waals surface area contributed by atoms with E-state index in [0.717, 1.165) is 44.6 Å². The first-order valence-electron chi connectivity index (χ1n) is 12.9. The summed E-state index contributed by atoms with van der Waals surface area (Å²) in [6, 6.07) is 20.6. The van der Waals surface area contributed by atoms with Crippen molar-refractivity contribution in [1.29, 1.82) is 0 Å². The van der Waals surface area contributed by atoms with Crippen LogP contribution >= 0.6 is 66.2 Å². The van der Waals surface area contributed by atoms with Gasteiger partial charge in [-0.05, 0) is 158 Å². The minimum absolute atomic E-state index is 0.0301. The highest BCUT2D eigenvalue weighted by molar-refractivity contribution is 14.1. The number of likely N-dealkylation sites (N-methyl/N-ethyl adjacent to an activating group) is 1. The van der Waals surface area contributed by atoms with Gasteiger partial charge in [-0.1, -0.05) is 12.1 Å². The second-order valence-corrected chi connectivity index (χ2v) is 13.3. The van der Waals surface area contributed by atoms with Gasteiger partial charge in [-0.25, -0.2) is 4.99 Å². The Balaban J connectivity index is 1.31. The number of ether oxygens (including phenoxy) is 1. The molecular weight excluding hydrogens is 753 g/mol. The molecule has 9 heteroatoms. The lowest BCUT2D eigenvalue weighted by molar-refractivity contribution is -0.122. The lowest BCUT2D eigenvalue weighted by atomic mass is 10.1. The molecule has 2 fully saturated rings. The largest absolute Gasteiger partial charge is 0.487 e. The molecule has 2 aliphatic rings. The number of piperidine rings is 1. The Labute approximate surface area is 264 Å². The van der Waals surface area contributed by atoms with Crippen molar-refractivity contribution >= 4 is 94.7 Å². The third-order valence-electron chi connectivity index (χ3n) is 6.61. The standard InChI is InChI=1S/C30H28Br2IN3O2S/c1-2-36-29(37)27(39-30(36)34-23-10-12-24(13-11-23)35-14-4-3-5-15-35)18-21-16-25(31)28(26(32)17-21)38-19-20-6-8-22(33)9-7-20/h6-13,16-18H,2-5,14-15,19H2,1H3/b27-18-,34-30?. The van der Waals surface area contributed by atoms with E-state index in [2.05, 4.69) is 95.7 Å². The number of thioether (sulfide) groups is 1. The molecule has 2 aliphatic heterocycles. The quantitative estimate of drug-likeness (QED) is 0.178. The van der Waals surface area contributed by atoms with Crippen molar-refractivity contribution in [1.82, 2.24) is 4.90 Å². The van der Waals surface area contributed by atoms with Crippen LogP contribution in [0, 0.1) is 3.57 Å². The Morgan fingerprint density at radius 1 is 1.00 bits per heavy atom. The van der Waals surface area contributed by atoms with Gasteiger partial charge in [-0.2, -0.15) is 0 Å². The van der Waals surface area contributed by atoms with Crippen LogP contribution in [0.5, 0.6) is 5.75 Å². The van der Waals surface area contributed by atoms with Crippen molar-refractivity contribution in [2.24, 2.45) is 4.99 Å². The molecule has 1 amide bonds. The molecule has 0 spiro atoms. The second kappa shape index (κ2) is 13.2. The van der Waals surface area contributed by atoms with Gasteiger partial charge in [-0.3, -0.25) is 9.69 Å². The van der Waals surface area contributed by atoms with Crippen LogP contribution in [0.3, 0.4) is 0 Å². The fraction of sp³-hybridized carbons (Fsp3) is 0.267. The highest BCUT2D eigenvalue weighted by atomic mass is 127. The predicted molar refractivity (Wildman–Crippen MR) is 178 cm³/mol. The summed E-state index contributed by atoms with van der Waals surface area (Å²) in [6.07, 6.45) is 5.73. The molecule has 0 saturated carbocycles. The number of aliphatic imine (C=N–C) groups is 1.